The van der Waals surface area contributed by atoms with Crippen LogP contribution in [-0.4, -0.2) is 41.3 Å². The van der Waals surface area contributed by atoms with Gasteiger partial charge in [0.1, 0.15) is 5.78 Å². The molecule has 1 atom stereocenters. The Morgan fingerprint density at radius 1 is 1.38 bits per heavy atom. The van der Waals surface area contributed by atoms with Gasteiger partial charge in [0, 0.05) is 30.0 Å². The highest BCUT2D eigenvalue weighted by atomic mass is 32.2. The number of rotatable bonds is 4. The molecule has 0 amide bonds. The standard InChI is InChI=1S/C13H23NOS/c1-2-12-9-14(7-8-16-12)10-13(15)11-5-3-4-6-11/h11-12H,2-10H2,1H3. The maximum atomic E-state index is 12.1. The van der Waals surface area contributed by atoms with Gasteiger partial charge in [0.25, 0.3) is 0 Å². The molecule has 1 aliphatic heterocycles. The Hall–Kier alpha value is -0.0200. The normalized spacial score (nSPS) is 28.4. The zero-order valence-corrected chi connectivity index (χ0v) is 11.1. The average Bonchev–Trinajstić information content (AvgIpc) is 2.83. The Bertz CT molecular complexity index is 238. The minimum atomic E-state index is 0.398. The molecular weight excluding hydrogens is 218 g/mol. The average molecular weight is 241 g/mol. The summed E-state index contributed by atoms with van der Waals surface area (Å²) in [5.41, 5.74) is 0. The van der Waals surface area contributed by atoms with Gasteiger partial charge in [0.2, 0.25) is 0 Å². The highest BCUT2D eigenvalue weighted by molar-refractivity contribution is 8.00. The predicted octanol–water partition coefficient (Wildman–Crippen LogP) is 2.57. The van der Waals surface area contributed by atoms with Gasteiger partial charge in [0.15, 0.2) is 0 Å². The van der Waals surface area contributed by atoms with Gasteiger partial charge < -0.3 is 0 Å². The SMILES string of the molecule is CCC1CN(CC(=O)C2CCCC2)CCS1. The van der Waals surface area contributed by atoms with Crippen LogP contribution in [0.3, 0.4) is 0 Å². The third-order valence-electron chi connectivity index (χ3n) is 3.87. The highest BCUT2D eigenvalue weighted by Gasteiger charge is 2.26. The van der Waals surface area contributed by atoms with Crippen LogP contribution in [0.25, 0.3) is 0 Å². The maximum absolute atomic E-state index is 12.1. The van der Waals surface area contributed by atoms with Crippen LogP contribution in [0.4, 0.5) is 0 Å². The number of thioether (sulfide) groups is 1. The first-order valence-corrected chi connectivity index (χ1v) is 7.71. The van der Waals surface area contributed by atoms with Crippen molar-refractivity contribution in [1.82, 2.24) is 4.90 Å². The van der Waals surface area contributed by atoms with Gasteiger partial charge in [-0.1, -0.05) is 19.8 Å². The minimum Gasteiger partial charge on any atom is -0.298 e. The monoisotopic (exact) mass is 241 g/mol. The van der Waals surface area contributed by atoms with Crippen molar-refractivity contribution in [2.75, 3.05) is 25.4 Å². The van der Waals surface area contributed by atoms with E-state index in [1.807, 2.05) is 0 Å². The van der Waals surface area contributed by atoms with E-state index in [4.69, 9.17) is 0 Å². The summed E-state index contributed by atoms with van der Waals surface area (Å²) < 4.78 is 0. The van der Waals surface area contributed by atoms with Crippen molar-refractivity contribution in [3.8, 4) is 0 Å². The summed E-state index contributed by atoms with van der Waals surface area (Å²) in [6.07, 6.45) is 6.07. The Morgan fingerprint density at radius 3 is 2.81 bits per heavy atom. The number of carbonyl (C=O) groups is 1. The van der Waals surface area contributed by atoms with E-state index in [1.54, 1.807) is 0 Å². The van der Waals surface area contributed by atoms with E-state index in [9.17, 15) is 4.79 Å². The summed E-state index contributed by atoms with van der Waals surface area (Å²) >= 11 is 2.07. The Morgan fingerprint density at radius 2 is 2.12 bits per heavy atom. The van der Waals surface area contributed by atoms with Gasteiger partial charge in [-0.15, -0.1) is 0 Å². The third kappa shape index (κ3) is 3.24. The van der Waals surface area contributed by atoms with Crippen LogP contribution in [0.2, 0.25) is 0 Å². The lowest BCUT2D eigenvalue weighted by Crippen LogP contribution is -2.41. The summed E-state index contributed by atoms with van der Waals surface area (Å²) in [6, 6.07) is 0. The summed E-state index contributed by atoms with van der Waals surface area (Å²) in [4.78, 5) is 14.4. The third-order valence-corrected chi connectivity index (χ3v) is 5.24. The lowest BCUT2D eigenvalue weighted by Gasteiger charge is -2.31. The second kappa shape index (κ2) is 6.06. The number of carbonyl (C=O) groups excluding carboxylic acids is 1. The molecule has 0 aromatic heterocycles. The van der Waals surface area contributed by atoms with E-state index in [0.717, 1.165) is 37.7 Å². The topological polar surface area (TPSA) is 20.3 Å². The van der Waals surface area contributed by atoms with Crippen LogP contribution in [0.1, 0.15) is 39.0 Å². The molecule has 16 heavy (non-hydrogen) atoms. The number of hydrogen-bond donors (Lipinski definition) is 0. The Labute approximate surface area is 103 Å². The molecule has 1 heterocycles. The molecule has 0 N–H and O–H groups in total. The Kier molecular flexibility index (Phi) is 4.71. The van der Waals surface area contributed by atoms with Crippen molar-refractivity contribution >= 4 is 17.5 Å². The fourth-order valence-corrected chi connectivity index (χ4v) is 4.02. The van der Waals surface area contributed by atoms with Crippen LogP contribution in [0.5, 0.6) is 0 Å². The molecule has 2 nitrogen and oxygen atoms in total. The molecule has 1 aliphatic carbocycles. The number of nitrogens with zero attached hydrogens (tertiary/aromatic N) is 1. The summed E-state index contributed by atoms with van der Waals surface area (Å²) in [6.45, 7) is 5.21. The van der Waals surface area contributed by atoms with E-state index in [2.05, 4.69) is 23.6 Å². The molecule has 0 aromatic carbocycles. The van der Waals surface area contributed by atoms with Crippen LogP contribution in [-0.2, 0) is 4.79 Å². The molecule has 1 saturated heterocycles. The molecule has 1 unspecified atom stereocenters. The number of hydrogen-bond acceptors (Lipinski definition) is 3. The van der Waals surface area contributed by atoms with Gasteiger partial charge in [0.05, 0.1) is 6.54 Å². The number of Topliss-reactive ketones (excluding diaryl/α,β-unsaturated/α-hetero) is 1. The van der Waals surface area contributed by atoms with Crippen LogP contribution < -0.4 is 0 Å². The van der Waals surface area contributed by atoms with E-state index in [0.29, 0.717) is 11.7 Å². The van der Waals surface area contributed by atoms with E-state index in [1.165, 1.54) is 25.0 Å². The summed E-state index contributed by atoms with van der Waals surface area (Å²) in [7, 11) is 0. The molecule has 3 heteroatoms. The van der Waals surface area contributed by atoms with Crippen LogP contribution in [0, 0.1) is 5.92 Å². The molecule has 0 aromatic rings. The van der Waals surface area contributed by atoms with Crippen LogP contribution in [0.15, 0.2) is 0 Å². The van der Waals surface area contributed by atoms with Crippen molar-refractivity contribution in [1.29, 1.82) is 0 Å². The summed E-state index contributed by atoms with van der Waals surface area (Å²) in [5.74, 6) is 2.12. The van der Waals surface area contributed by atoms with E-state index >= 15 is 0 Å². The minimum absolute atomic E-state index is 0.398. The predicted molar refractivity (Wildman–Crippen MR) is 69.9 cm³/mol. The molecule has 0 spiro atoms. The molecule has 92 valence electrons. The Balaban J connectivity index is 1.77. The van der Waals surface area contributed by atoms with Crippen molar-refractivity contribution in [2.45, 2.75) is 44.3 Å². The quantitative estimate of drug-likeness (QED) is 0.754. The first kappa shape index (κ1) is 12.4. The van der Waals surface area contributed by atoms with E-state index in [-0.39, 0.29) is 0 Å². The first-order chi connectivity index (χ1) is 7.79. The molecular formula is C13H23NOS. The lowest BCUT2D eigenvalue weighted by molar-refractivity contribution is -0.123. The fourth-order valence-electron chi connectivity index (χ4n) is 2.77. The van der Waals surface area contributed by atoms with Gasteiger partial charge in [-0.25, -0.2) is 0 Å². The second-order valence-corrected chi connectivity index (χ2v) is 6.49. The van der Waals surface area contributed by atoms with Gasteiger partial charge >= 0.3 is 0 Å². The zero-order chi connectivity index (χ0) is 11.4. The highest BCUT2D eigenvalue weighted by Crippen LogP contribution is 2.27. The zero-order valence-electron chi connectivity index (χ0n) is 10.3. The molecule has 2 fully saturated rings. The molecule has 2 aliphatic rings. The smallest absolute Gasteiger partial charge is 0.149 e. The van der Waals surface area contributed by atoms with Crippen LogP contribution >= 0.6 is 11.8 Å². The van der Waals surface area contributed by atoms with Crippen molar-refractivity contribution in [3.63, 3.8) is 0 Å². The van der Waals surface area contributed by atoms with Crippen molar-refractivity contribution in [2.24, 2.45) is 5.92 Å². The fraction of sp³-hybridized carbons (Fsp3) is 0.923. The second-order valence-electron chi connectivity index (χ2n) is 5.08. The van der Waals surface area contributed by atoms with E-state index < -0.39 is 0 Å². The summed E-state index contributed by atoms with van der Waals surface area (Å²) in [5, 5.41) is 0.755. The van der Waals surface area contributed by atoms with Gasteiger partial charge in [-0.3, -0.25) is 9.69 Å². The maximum Gasteiger partial charge on any atom is 0.149 e. The molecule has 0 bridgehead atoms. The number of ketones is 1. The molecule has 1 saturated carbocycles. The molecule has 2 rings (SSSR count). The molecule has 0 radical (unpaired) electrons. The van der Waals surface area contributed by atoms with Crippen molar-refractivity contribution in [3.05, 3.63) is 0 Å². The first-order valence-electron chi connectivity index (χ1n) is 6.66. The van der Waals surface area contributed by atoms with Gasteiger partial charge in [-0.2, -0.15) is 11.8 Å². The van der Waals surface area contributed by atoms with Crippen molar-refractivity contribution < 1.29 is 4.79 Å². The lowest BCUT2D eigenvalue weighted by atomic mass is 10.0. The van der Waals surface area contributed by atoms with Gasteiger partial charge in [-0.05, 0) is 19.3 Å². The largest absolute Gasteiger partial charge is 0.298 e.